The van der Waals surface area contributed by atoms with E-state index >= 15 is 0 Å². The zero-order chi connectivity index (χ0) is 25.2. The van der Waals surface area contributed by atoms with Gasteiger partial charge in [-0.05, 0) is 35.4 Å². The zero-order valence-corrected chi connectivity index (χ0v) is 18.8. The number of pyridine rings is 2. The van der Waals surface area contributed by atoms with Gasteiger partial charge < -0.3 is 11.5 Å². The Kier molecular flexibility index (Phi) is 4.34. The molecule has 0 amide bonds. The van der Waals surface area contributed by atoms with Gasteiger partial charge in [0.25, 0.3) is 0 Å². The molecule has 0 atom stereocenters. The Morgan fingerprint density at radius 3 is 1.08 bits per heavy atom. The number of nitrogens with two attached hydrogens (primary N) is 2. The van der Waals surface area contributed by atoms with Crippen molar-refractivity contribution in [1.82, 2.24) is 9.97 Å². The number of Topliss-reactive ketones (excluding diaryl/α,β-unsaturated/α-hetero) is 4. The molecule has 4 aromatic rings. The molecule has 0 saturated heterocycles. The largest absolute Gasteiger partial charge is 0.384 e. The number of carbonyl (C=O) groups excluding carboxylic acids is 4. The molecule has 6 rings (SSSR count). The quantitative estimate of drug-likeness (QED) is 0.431. The Hall–Kier alpha value is -4.98. The molecule has 36 heavy (non-hydrogen) atoms. The average Bonchev–Trinajstić information content (AvgIpc) is 3.25. The van der Waals surface area contributed by atoms with E-state index in [-0.39, 0.29) is 45.0 Å². The molecule has 8 heteroatoms. The lowest BCUT2D eigenvalue weighted by atomic mass is 9.52. The standard InChI is InChI=1S/C28H18N4O4/c29-21-13-15(9-11-31-21)27(23(33)17-5-1-2-6-18(17)24(27)34)28(16-10-12-32-22(30)14-16)25(35)19-7-3-4-8-20(19)26(28)36/h1-14H,(H2,29,31)(H2,30,32). The molecule has 2 aromatic heterocycles. The lowest BCUT2D eigenvalue weighted by Gasteiger charge is -2.42. The van der Waals surface area contributed by atoms with Gasteiger partial charge in [-0.3, -0.25) is 19.2 Å². The minimum absolute atomic E-state index is 0.0308. The smallest absolute Gasteiger partial charge is 0.183 e. The summed E-state index contributed by atoms with van der Waals surface area (Å²) in [6.07, 6.45) is 2.70. The van der Waals surface area contributed by atoms with Crippen molar-refractivity contribution in [3.63, 3.8) is 0 Å². The monoisotopic (exact) mass is 474 g/mol. The minimum Gasteiger partial charge on any atom is -0.384 e. The summed E-state index contributed by atoms with van der Waals surface area (Å²) < 4.78 is 0. The normalized spacial score (nSPS) is 17.2. The number of hydrogen-bond donors (Lipinski definition) is 2. The van der Waals surface area contributed by atoms with Gasteiger partial charge in [-0.25, -0.2) is 9.97 Å². The van der Waals surface area contributed by atoms with Gasteiger partial charge in [0.2, 0.25) is 0 Å². The van der Waals surface area contributed by atoms with Crippen LogP contribution in [0.15, 0.2) is 85.2 Å². The summed E-state index contributed by atoms with van der Waals surface area (Å²) in [6, 6.07) is 18.3. The van der Waals surface area contributed by atoms with E-state index in [4.69, 9.17) is 11.5 Å². The van der Waals surface area contributed by atoms with Crippen molar-refractivity contribution in [3.8, 4) is 0 Å². The molecule has 0 saturated carbocycles. The first-order chi connectivity index (χ1) is 17.3. The molecule has 0 spiro atoms. The van der Waals surface area contributed by atoms with Crippen molar-refractivity contribution in [3.05, 3.63) is 119 Å². The topological polar surface area (TPSA) is 146 Å². The number of carbonyl (C=O) groups is 4. The number of anilines is 2. The van der Waals surface area contributed by atoms with Crippen LogP contribution < -0.4 is 11.5 Å². The van der Waals surface area contributed by atoms with Crippen LogP contribution in [0, 0.1) is 0 Å². The first-order valence-electron chi connectivity index (χ1n) is 11.2. The lowest BCUT2D eigenvalue weighted by Crippen LogP contribution is -2.62. The van der Waals surface area contributed by atoms with Crippen LogP contribution in [-0.4, -0.2) is 33.1 Å². The molecule has 0 unspecified atom stereocenters. The van der Waals surface area contributed by atoms with Crippen LogP contribution in [0.4, 0.5) is 11.6 Å². The van der Waals surface area contributed by atoms with Crippen molar-refractivity contribution in [2.45, 2.75) is 10.8 Å². The molecule has 0 fully saturated rings. The van der Waals surface area contributed by atoms with E-state index in [0.717, 1.165) is 0 Å². The van der Waals surface area contributed by atoms with Gasteiger partial charge in [0.1, 0.15) is 22.5 Å². The highest BCUT2D eigenvalue weighted by Gasteiger charge is 2.75. The number of nitrogens with zero attached hydrogens (tertiary/aromatic N) is 2. The minimum atomic E-state index is -2.28. The van der Waals surface area contributed by atoms with E-state index in [9.17, 15) is 19.2 Å². The van der Waals surface area contributed by atoms with Crippen LogP contribution in [0.1, 0.15) is 52.6 Å². The third-order valence-corrected chi connectivity index (χ3v) is 7.19. The van der Waals surface area contributed by atoms with E-state index in [1.807, 2.05) is 0 Å². The van der Waals surface area contributed by atoms with Crippen LogP contribution in [0.3, 0.4) is 0 Å². The second kappa shape index (κ2) is 7.26. The fraction of sp³-hybridized carbons (Fsp3) is 0.0714. The zero-order valence-electron chi connectivity index (χ0n) is 18.8. The van der Waals surface area contributed by atoms with Crippen LogP contribution in [0.25, 0.3) is 0 Å². The maximum absolute atomic E-state index is 14.5. The van der Waals surface area contributed by atoms with Gasteiger partial charge in [-0.15, -0.1) is 0 Å². The number of hydrogen-bond acceptors (Lipinski definition) is 8. The maximum Gasteiger partial charge on any atom is 0.183 e. The SMILES string of the molecule is Nc1cc(C2(C3(c4ccnc(N)c4)C(=O)c4ccccc4C3=O)C(=O)c3ccccc3C2=O)ccn1. The second-order valence-corrected chi connectivity index (χ2v) is 8.85. The summed E-state index contributed by atoms with van der Waals surface area (Å²) in [4.78, 5) is 66.0. The van der Waals surface area contributed by atoms with Gasteiger partial charge in [0, 0.05) is 34.6 Å². The highest BCUT2D eigenvalue weighted by atomic mass is 16.2. The Bertz CT molecular complexity index is 1470. The number of benzene rings is 2. The van der Waals surface area contributed by atoms with Crippen molar-refractivity contribution in [2.75, 3.05) is 11.5 Å². The molecule has 8 nitrogen and oxygen atoms in total. The predicted molar refractivity (Wildman–Crippen MR) is 131 cm³/mol. The molecule has 174 valence electrons. The molecule has 2 aliphatic rings. The van der Waals surface area contributed by atoms with Crippen molar-refractivity contribution in [1.29, 1.82) is 0 Å². The van der Waals surface area contributed by atoms with Gasteiger partial charge in [0.05, 0.1) is 0 Å². The number of rotatable bonds is 3. The fourth-order valence-electron chi connectivity index (χ4n) is 5.77. The number of fused-ring (bicyclic) bond motifs is 2. The summed E-state index contributed by atoms with van der Waals surface area (Å²) in [6.45, 7) is 0. The average molecular weight is 474 g/mol. The van der Waals surface area contributed by atoms with E-state index in [0.29, 0.717) is 0 Å². The first-order valence-corrected chi connectivity index (χ1v) is 11.2. The molecule has 0 radical (unpaired) electrons. The van der Waals surface area contributed by atoms with Crippen molar-refractivity contribution < 1.29 is 19.2 Å². The Balaban J connectivity index is 1.83. The lowest BCUT2D eigenvalue weighted by molar-refractivity contribution is 0.0557. The highest BCUT2D eigenvalue weighted by molar-refractivity contribution is 6.45. The first kappa shape index (κ1) is 21.5. The third-order valence-electron chi connectivity index (χ3n) is 7.19. The van der Waals surface area contributed by atoms with Crippen molar-refractivity contribution >= 4 is 34.8 Å². The molecule has 2 heterocycles. The molecular weight excluding hydrogens is 456 g/mol. The van der Waals surface area contributed by atoms with E-state index < -0.39 is 34.0 Å². The molecule has 0 bridgehead atoms. The second-order valence-electron chi connectivity index (χ2n) is 8.85. The Morgan fingerprint density at radius 1 is 0.500 bits per heavy atom. The summed E-state index contributed by atoms with van der Waals surface area (Å²) in [5.74, 6) is -2.61. The van der Waals surface area contributed by atoms with E-state index in [2.05, 4.69) is 9.97 Å². The Labute approximate surface area is 205 Å². The molecule has 4 N–H and O–H groups in total. The fourth-order valence-corrected chi connectivity index (χ4v) is 5.77. The van der Waals surface area contributed by atoms with Crippen molar-refractivity contribution in [2.24, 2.45) is 0 Å². The van der Waals surface area contributed by atoms with Crippen LogP contribution in [0.5, 0.6) is 0 Å². The maximum atomic E-state index is 14.5. The summed E-state index contributed by atoms with van der Waals surface area (Å²) >= 11 is 0. The number of ketones is 4. The molecular formula is C28H18N4O4. The molecule has 0 aliphatic heterocycles. The van der Waals surface area contributed by atoms with Crippen LogP contribution >= 0.6 is 0 Å². The summed E-state index contributed by atoms with van der Waals surface area (Å²) in [7, 11) is 0. The molecule has 2 aliphatic carbocycles. The van der Waals surface area contributed by atoms with Gasteiger partial charge >= 0.3 is 0 Å². The van der Waals surface area contributed by atoms with Crippen LogP contribution in [0.2, 0.25) is 0 Å². The van der Waals surface area contributed by atoms with Gasteiger partial charge in [-0.1, -0.05) is 48.5 Å². The summed E-state index contributed by atoms with van der Waals surface area (Å²) in [5, 5.41) is 0. The molecule has 2 aromatic carbocycles. The number of aromatic nitrogens is 2. The van der Waals surface area contributed by atoms with E-state index in [1.165, 1.54) is 60.9 Å². The van der Waals surface area contributed by atoms with E-state index in [1.54, 1.807) is 24.3 Å². The van der Waals surface area contributed by atoms with Gasteiger partial charge in [-0.2, -0.15) is 0 Å². The number of nitrogen functional groups attached to an aromatic ring is 2. The predicted octanol–water partition coefficient (Wildman–Crippen LogP) is 2.98. The Morgan fingerprint density at radius 2 is 0.806 bits per heavy atom. The van der Waals surface area contributed by atoms with Crippen LogP contribution in [-0.2, 0) is 10.8 Å². The summed E-state index contributed by atoms with van der Waals surface area (Å²) in [5.41, 5.74) is 8.14. The highest BCUT2D eigenvalue weighted by Crippen LogP contribution is 2.58. The third kappa shape index (κ3) is 2.37. The van der Waals surface area contributed by atoms with Gasteiger partial charge in [0.15, 0.2) is 23.1 Å².